The lowest BCUT2D eigenvalue weighted by Gasteiger charge is -2.25. The zero-order valence-corrected chi connectivity index (χ0v) is 17.3. The summed E-state index contributed by atoms with van der Waals surface area (Å²) in [4.78, 5) is 31.5. The molecule has 0 atom stereocenters. The van der Waals surface area contributed by atoms with E-state index in [1.165, 1.54) is 0 Å². The summed E-state index contributed by atoms with van der Waals surface area (Å²) in [5.74, 6) is 0.504. The van der Waals surface area contributed by atoms with Crippen molar-refractivity contribution in [2.75, 3.05) is 46.3 Å². The van der Waals surface area contributed by atoms with E-state index >= 15 is 0 Å². The molecule has 136 valence electrons. The highest BCUT2D eigenvalue weighted by molar-refractivity contribution is 14.0. The van der Waals surface area contributed by atoms with Crippen LogP contribution in [0.15, 0.2) is 4.99 Å². The van der Waals surface area contributed by atoms with Gasteiger partial charge in [-0.25, -0.2) is 4.99 Å². The van der Waals surface area contributed by atoms with Crippen LogP contribution in [0.25, 0.3) is 0 Å². The van der Waals surface area contributed by atoms with Crippen LogP contribution in [0.4, 0.5) is 0 Å². The van der Waals surface area contributed by atoms with Crippen molar-refractivity contribution < 1.29 is 9.59 Å². The van der Waals surface area contributed by atoms with E-state index in [1.807, 2.05) is 27.7 Å². The molecular weight excluding hydrogens is 409 g/mol. The molecule has 0 aliphatic rings. The number of halogens is 1. The molecule has 0 aromatic heterocycles. The molecule has 0 saturated heterocycles. The van der Waals surface area contributed by atoms with Crippen LogP contribution in [-0.2, 0) is 9.59 Å². The first kappa shape index (κ1) is 24.2. The number of hydrogen-bond acceptors (Lipinski definition) is 3. The summed E-state index contributed by atoms with van der Waals surface area (Å²) in [7, 11) is 1.80. The molecule has 7 nitrogen and oxygen atoms in total. The smallest absolute Gasteiger partial charge is 0.242 e. The van der Waals surface area contributed by atoms with Crippen LogP contribution < -0.4 is 10.6 Å². The molecule has 0 aromatic carbocycles. The average Bonchev–Trinajstić information content (AvgIpc) is 2.50. The van der Waals surface area contributed by atoms with Crippen LogP contribution in [0.3, 0.4) is 0 Å². The Morgan fingerprint density at radius 3 is 2.13 bits per heavy atom. The maximum absolute atomic E-state index is 12.1. The number of hydrogen-bond donors (Lipinski definition) is 2. The lowest BCUT2D eigenvalue weighted by Crippen LogP contribution is -2.46. The van der Waals surface area contributed by atoms with E-state index in [4.69, 9.17) is 0 Å². The summed E-state index contributed by atoms with van der Waals surface area (Å²) in [6.07, 6.45) is 0.897. The molecule has 0 heterocycles. The monoisotopic (exact) mass is 441 g/mol. The molecule has 0 radical (unpaired) electrons. The Morgan fingerprint density at radius 2 is 1.65 bits per heavy atom. The zero-order valence-electron chi connectivity index (χ0n) is 15.0. The Balaban J connectivity index is 0. The first-order valence-corrected chi connectivity index (χ1v) is 8.03. The van der Waals surface area contributed by atoms with Crippen LogP contribution >= 0.6 is 24.0 Å². The lowest BCUT2D eigenvalue weighted by molar-refractivity contribution is -0.131. The fourth-order valence-corrected chi connectivity index (χ4v) is 1.89. The summed E-state index contributed by atoms with van der Waals surface area (Å²) in [6, 6.07) is 0. The quantitative estimate of drug-likeness (QED) is 0.317. The Morgan fingerprint density at radius 1 is 1.04 bits per heavy atom. The van der Waals surface area contributed by atoms with E-state index in [2.05, 4.69) is 15.6 Å². The first-order chi connectivity index (χ1) is 10.5. The van der Waals surface area contributed by atoms with Gasteiger partial charge in [0.15, 0.2) is 5.96 Å². The predicted octanol–water partition coefficient (Wildman–Crippen LogP) is 0.896. The van der Waals surface area contributed by atoms with Gasteiger partial charge in [-0.05, 0) is 27.2 Å². The van der Waals surface area contributed by atoms with Crippen LogP contribution in [-0.4, -0.2) is 73.9 Å². The largest absolute Gasteiger partial charge is 0.356 e. The molecule has 0 saturated carbocycles. The van der Waals surface area contributed by atoms with Gasteiger partial charge in [0.2, 0.25) is 11.8 Å². The van der Waals surface area contributed by atoms with E-state index < -0.39 is 0 Å². The maximum Gasteiger partial charge on any atom is 0.242 e. The molecule has 8 heteroatoms. The molecule has 0 aromatic rings. The number of guanidine groups is 1. The topological polar surface area (TPSA) is 77.0 Å². The fraction of sp³-hybridized carbons (Fsp3) is 0.800. The van der Waals surface area contributed by atoms with Gasteiger partial charge in [-0.1, -0.05) is 6.92 Å². The van der Waals surface area contributed by atoms with Crippen LogP contribution in [0.1, 0.15) is 34.1 Å². The summed E-state index contributed by atoms with van der Waals surface area (Å²) in [5.41, 5.74) is 0. The van der Waals surface area contributed by atoms with Crippen molar-refractivity contribution in [1.29, 1.82) is 0 Å². The van der Waals surface area contributed by atoms with Crippen molar-refractivity contribution in [3.05, 3.63) is 0 Å². The SMILES string of the molecule is CCCNC(=O)CN=C(NCC)N(C)CC(=O)N(CC)CC.I. The third kappa shape index (κ3) is 10.4. The molecule has 2 N–H and O–H groups in total. The number of carbonyl (C=O) groups is 2. The zero-order chi connectivity index (χ0) is 17.0. The van der Waals surface area contributed by atoms with Gasteiger partial charge < -0.3 is 20.4 Å². The molecule has 0 aliphatic carbocycles. The van der Waals surface area contributed by atoms with Crippen LogP contribution in [0.5, 0.6) is 0 Å². The number of likely N-dealkylation sites (N-methyl/N-ethyl adjacent to an activating group) is 2. The number of nitrogens with zero attached hydrogens (tertiary/aromatic N) is 3. The third-order valence-electron chi connectivity index (χ3n) is 3.13. The van der Waals surface area contributed by atoms with Crippen LogP contribution in [0, 0.1) is 0 Å². The van der Waals surface area contributed by atoms with Gasteiger partial charge in [0.05, 0.1) is 6.54 Å². The highest BCUT2D eigenvalue weighted by Gasteiger charge is 2.15. The molecular formula is C15H32IN5O2. The summed E-state index contributed by atoms with van der Waals surface area (Å²) in [5, 5.41) is 5.88. The summed E-state index contributed by atoms with van der Waals surface area (Å²) >= 11 is 0. The number of carbonyl (C=O) groups excluding carboxylic acids is 2. The minimum Gasteiger partial charge on any atom is -0.356 e. The lowest BCUT2D eigenvalue weighted by atomic mass is 10.4. The number of nitrogens with one attached hydrogen (secondary N) is 2. The van der Waals surface area contributed by atoms with Gasteiger partial charge in [0, 0.05) is 33.2 Å². The van der Waals surface area contributed by atoms with Gasteiger partial charge in [-0.2, -0.15) is 0 Å². The molecule has 2 amide bonds. The third-order valence-corrected chi connectivity index (χ3v) is 3.13. The summed E-state index contributed by atoms with van der Waals surface area (Å²) in [6.45, 7) is 10.9. The number of amides is 2. The van der Waals surface area contributed by atoms with E-state index in [1.54, 1.807) is 16.8 Å². The van der Waals surface area contributed by atoms with Crippen molar-refractivity contribution >= 4 is 41.8 Å². The second-order valence-corrected chi connectivity index (χ2v) is 4.94. The van der Waals surface area contributed by atoms with Gasteiger partial charge in [-0.3, -0.25) is 9.59 Å². The van der Waals surface area contributed by atoms with E-state index in [0.717, 1.165) is 6.42 Å². The molecule has 0 unspecified atom stereocenters. The fourth-order valence-electron chi connectivity index (χ4n) is 1.89. The Labute approximate surface area is 157 Å². The van der Waals surface area contributed by atoms with Gasteiger partial charge in [0.25, 0.3) is 0 Å². The predicted molar refractivity (Wildman–Crippen MR) is 105 cm³/mol. The Bertz CT molecular complexity index is 373. The van der Waals surface area contributed by atoms with E-state index in [9.17, 15) is 9.59 Å². The molecule has 0 fully saturated rings. The van der Waals surface area contributed by atoms with Gasteiger partial charge >= 0.3 is 0 Å². The minimum atomic E-state index is -0.110. The van der Waals surface area contributed by atoms with Gasteiger partial charge in [-0.15, -0.1) is 24.0 Å². The van der Waals surface area contributed by atoms with Crippen molar-refractivity contribution in [2.24, 2.45) is 4.99 Å². The number of aliphatic imine (C=N–C) groups is 1. The van der Waals surface area contributed by atoms with E-state index in [-0.39, 0.29) is 48.9 Å². The van der Waals surface area contributed by atoms with Crippen molar-refractivity contribution in [3.63, 3.8) is 0 Å². The second kappa shape index (κ2) is 14.5. The van der Waals surface area contributed by atoms with Crippen molar-refractivity contribution in [3.8, 4) is 0 Å². The molecule has 0 bridgehead atoms. The molecule has 0 aliphatic heterocycles. The first-order valence-electron chi connectivity index (χ1n) is 8.03. The van der Waals surface area contributed by atoms with E-state index in [0.29, 0.717) is 32.1 Å². The minimum absolute atomic E-state index is 0. The Hall–Kier alpha value is -1.06. The molecule has 0 spiro atoms. The second-order valence-electron chi connectivity index (χ2n) is 4.94. The Kier molecular flexibility index (Phi) is 15.3. The standard InChI is InChI=1S/C15H31N5O2.HI/c1-6-10-17-13(21)11-18-15(16-7-2)19(5)12-14(22)20(8-3)9-4;/h6-12H2,1-5H3,(H,16,18)(H,17,21);1H. The highest BCUT2D eigenvalue weighted by Crippen LogP contribution is 1.94. The normalized spacial score (nSPS) is 10.6. The summed E-state index contributed by atoms with van der Waals surface area (Å²) < 4.78 is 0. The van der Waals surface area contributed by atoms with Crippen molar-refractivity contribution in [2.45, 2.75) is 34.1 Å². The maximum atomic E-state index is 12.1. The number of rotatable bonds is 9. The molecule has 0 rings (SSSR count). The van der Waals surface area contributed by atoms with Crippen molar-refractivity contribution in [1.82, 2.24) is 20.4 Å². The van der Waals surface area contributed by atoms with Crippen LogP contribution in [0.2, 0.25) is 0 Å². The highest BCUT2D eigenvalue weighted by atomic mass is 127. The average molecular weight is 441 g/mol. The molecule has 23 heavy (non-hydrogen) atoms. The van der Waals surface area contributed by atoms with Gasteiger partial charge in [0.1, 0.15) is 6.54 Å².